The van der Waals surface area contributed by atoms with Crippen molar-refractivity contribution in [2.75, 3.05) is 6.54 Å². The van der Waals surface area contributed by atoms with E-state index in [1.165, 1.54) is 0 Å². The van der Waals surface area contributed by atoms with Crippen molar-refractivity contribution >= 4 is 11.9 Å². The molecule has 1 aromatic carbocycles. The van der Waals surface area contributed by atoms with E-state index in [-0.39, 0.29) is 17.7 Å². The van der Waals surface area contributed by atoms with Crippen molar-refractivity contribution < 1.29 is 19.4 Å². The summed E-state index contributed by atoms with van der Waals surface area (Å²) in [6.07, 6.45) is 0.388. The van der Waals surface area contributed by atoms with Gasteiger partial charge in [0, 0.05) is 24.1 Å². The molecule has 23 heavy (non-hydrogen) atoms. The van der Waals surface area contributed by atoms with Crippen LogP contribution in [-0.2, 0) is 20.7 Å². The van der Waals surface area contributed by atoms with E-state index in [1.54, 1.807) is 13.8 Å². The molecule has 124 valence electrons. The molecule has 0 amide bonds. The number of aliphatic carboxylic acids is 1. The summed E-state index contributed by atoms with van der Waals surface area (Å²) in [6.45, 7) is 10.2. The monoisotopic (exact) mass is 318 g/mol. The van der Waals surface area contributed by atoms with Gasteiger partial charge in [0.15, 0.2) is 5.72 Å². The second kappa shape index (κ2) is 8.26. The molecule has 0 aliphatic heterocycles. The number of ether oxygens (including phenoxy) is 1. The van der Waals surface area contributed by atoms with Crippen molar-refractivity contribution in [1.82, 2.24) is 10.9 Å². The number of rotatable bonds is 9. The normalized spacial score (nSPS) is 13.0. The molecule has 1 unspecified atom stereocenters. The third-order valence-corrected chi connectivity index (χ3v) is 3.01. The van der Waals surface area contributed by atoms with Gasteiger partial charge in [0.25, 0.3) is 0 Å². The molecule has 1 rings (SSSR count). The van der Waals surface area contributed by atoms with E-state index in [1.807, 2.05) is 30.3 Å². The van der Waals surface area contributed by atoms with Crippen molar-refractivity contribution in [1.29, 1.82) is 0 Å². The van der Waals surface area contributed by atoms with Gasteiger partial charge in [-0.1, -0.05) is 43.5 Å². The first-order valence-electron chi connectivity index (χ1n) is 7.07. The first-order valence-corrected chi connectivity index (χ1v) is 7.07. The number of benzene rings is 1. The number of carboxylic acids is 1. The summed E-state index contributed by atoms with van der Waals surface area (Å²) in [4.78, 5) is 22.6. The summed E-state index contributed by atoms with van der Waals surface area (Å²) < 4.78 is 5.46. The van der Waals surface area contributed by atoms with Gasteiger partial charge in [-0.2, -0.15) is 0 Å². The van der Waals surface area contributed by atoms with Gasteiger partial charge in [-0.3, -0.25) is 0 Å². The predicted molar refractivity (Wildman–Crippen MR) is 87.4 cm³/mol. The molecule has 6 heteroatoms. The molecule has 0 fully saturated rings. The first kappa shape index (κ1) is 18.6. The minimum absolute atomic E-state index is 0.00430. The summed E-state index contributed by atoms with van der Waals surface area (Å²) in [5, 5.41) is 8.80. The number of carbonyl (C=O) groups excluding carboxylic acids is 1. The van der Waals surface area contributed by atoms with Crippen LogP contribution in [0.15, 0.2) is 54.6 Å². The summed E-state index contributed by atoms with van der Waals surface area (Å²) >= 11 is 0. The minimum atomic E-state index is -1.09. The molecular weight excluding hydrogens is 296 g/mol. The third kappa shape index (κ3) is 6.46. The zero-order valence-corrected chi connectivity index (χ0v) is 13.4. The van der Waals surface area contributed by atoms with Crippen LogP contribution in [0.25, 0.3) is 0 Å². The molecule has 0 bridgehead atoms. The predicted octanol–water partition coefficient (Wildman–Crippen LogP) is 1.80. The number of carbonyl (C=O) groups is 2. The van der Waals surface area contributed by atoms with Crippen LogP contribution in [-0.4, -0.2) is 29.3 Å². The SMILES string of the molecule is C=C(C)C(=O)OC(C)(Cc1ccccc1)NNCC(=C)C(=O)O. The zero-order chi connectivity index (χ0) is 17.5. The van der Waals surface area contributed by atoms with Gasteiger partial charge in [0.2, 0.25) is 0 Å². The van der Waals surface area contributed by atoms with Crippen LogP contribution in [0.5, 0.6) is 0 Å². The summed E-state index contributed by atoms with van der Waals surface area (Å²) in [7, 11) is 0. The second-order valence-electron chi connectivity index (χ2n) is 5.45. The van der Waals surface area contributed by atoms with E-state index in [0.29, 0.717) is 6.42 Å². The topological polar surface area (TPSA) is 87.7 Å². The Balaban J connectivity index is 2.78. The Hall–Kier alpha value is -2.44. The molecular formula is C17H22N2O4. The number of esters is 1. The molecule has 6 nitrogen and oxygen atoms in total. The van der Waals surface area contributed by atoms with Crippen LogP contribution in [0.3, 0.4) is 0 Å². The zero-order valence-electron chi connectivity index (χ0n) is 13.4. The highest BCUT2D eigenvalue weighted by atomic mass is 16.6. The van der Waals surface area contributed by atoms with Gasteiger partial charge < -0.3 is 9.84 Å². The van der Waals surface area contributed by atoms with Crippen LogP contribution < -0.4 is 10.9 Å². The molecule has 0 saturated carbocycles. The standard InChI is InChI=1S/C17H22N2O4/c1-12(2)16(22)23-17(4,10-14-8-6-5-7-9-14)19-18-11-13(3)15(20)21/h5-9,18-19H,1,3,10-11H2,2,4H3,(H,20,21). The van der Waals surface area contributed by atoms with Crippen LogP contribution in [0.1, 0.15) is 19.4 Å². The fourth-order valence-corrected chi connectivity index (χ4v) is 1.80. The number of hydrazine groups is 1. The summed E-state index contributed by atoms with van der Waals surface area (Å²) in [5.74, 6) is -1.63. The lowest BCUT2D eigenvalue weighted by Crippen LogP contribution is -2.55. The number of carboxylic acid groups (broad SMARTS) is 1. The summed E-state index contributed by atoms with van der Waals surface area (Å²) in [5.41, 5.74) is 5.74. The van der Waals surface area contributed by atoms with E-state index >= 15 is 0 Å². The van der Waals surface area contributed by atoms with Crippen LogP contribution >= 0.6 is 0 Å². The highest BCUT2D eigenvalue weighted by Gasteiger charge is 2.29. The van der Waals surface area contributed by atoms with E-state index in [0.717, 1.165) is 5.56 Å². The Morgan fingerprint density at radius 3 is 2.39 bits per heavy atom. The van der Waals surface area contributed by atoms with Gasteiger partial charge in [0.1, 0.15) is 0 Å². The molecule has 0 aliphatic carbocycles. The molecule has 1 aromatic rings. The number of hydrogen-bond donors (Lipinski definition) is 3. The molecule has 0 radical (unpaired) electrons. The van der Waals surface area contributed by atoms with Crippen molar-refractivity contribution in [3.63, 3.8) is 0 Å². The molecule has 0 heterocycles. The van der Waals surface area contributed by atoms with Gasteiger partial charge in [0.05, 0.1) is 0 Å². The highest BCUT2D eigenvalue weighted by molar-refractivity contribution is 5.87. The molecule has 3 N–H and O–H groups in total. The minimum Gasteiger partial charge on any atom is -0.478 e. The maximum atomic E-state index is 11.9. The lowest BCUT2D eigenvalue weighted by atomic mass is 10.0. The third-order valence-electron chi connectivity index (χ3n) is 3.01. The Morgan fingerprint density at radius 2 is 1.87 bits per heavy atom. The van der Waals surface area contributed by atoms with Crippen LogP contribution in [0.4, 0.5) is 0 Å². The second-order valence-corrected chi connectivity index (χ2v) is 5.45. The first-order chi connectivity index (χ1) is 10.7. The Bertz CT molecular complexity index is 598. The fourth-order valence-electron chi connectivity index (χ4n) is 1.80. The van der Waals surface area contributed by atoms with Gasteiger partial charge in [-0.05, 0) is 19.4 Å². The van der Waals surface area contributed by atoms with E-state index in [4.69, 9.17) is 9.84 Å². The number of nitrogens with one attached hydrogen (secondary N) is 2. The molecule has 0 spiro atoms. The van der Waals surface area contributed by atoms with E-state index < -0.39 is 17.7 Å². The largest absolute Gasteiger partial charge is 0.478 e. The van der Waals surface area contributed by atoms with Crippen molar-refractivity contribution in [3.05, 3.63) is 60.2 Å². The Kier molecular flexibility index (Phi) is 6.68. The van der Waals surface area contributed by atoms with Gasteiger partial charge >= 0.3 is 11.9 Å². The Labute approximate surface area is 135 Å². The Morgan fingerprint density at radius 1 is 1.26 bits per heavy atom. The molecule has 1 atom stereocenters. The highest BCUT2D eigenvalue weighted by Crippen LogP contribution is 2.16. The van der Waals surface area contributed by atoms with Crippen molar-refractivity contribution in [2.24, 2.45) is 0 Å². The smallest absolute Gasteiger partial charge is 0.334 e. The van der Waals surface area contributed by atoms with E-state index in [9.17, 15) is 9.59 Å². The lowest BCUT2D eigenvalue weighted by Gasteiger charge is -2.31. The maximum Gasteiger partial charge on any atom is 0.334 e. The van der Waals surface area contributed by atoms with Crippen molar-refractivity contribution in [2.45, 2.75) is 26.0 Å². The van der Waals surface area contributed by atoms with Gasteiger partial charge in [-0.25, -0.2) is 20.4 Å². The number of hydrogen-bond acceptors (Lipinski definition) is 5. The quantitative estimate of drug-likeness (QED) is 0.278. The average Bonchev–Trinajstić information content (AvgIpc) is 2.47. The molecule has 0 aromatic heterocycles. The van der Waals surface area contributed by atoms with Crippen LogP contribution in [0.2, 0.25) is 0 Å². The van der Waals surface area contributed by atoms with E-state index in [2.05, 4.69) is 24.0 Å². The molecule has 0 saturated heterocycles. The maximum absolute atomic E-state index is 11.9. The van der Waals surface area contributed by atoms with Crippen LogP contribution in [0, 0.1) is 0 Å². The van der Waals surface area contributed by atoms with Gasteiger partial charge in [-0.15, -0.1) is 0 Å². The fraction of sp³-hybridized carbons (Fsp3) is 0.294. The van der Waals surface area contributed by atoms with Crippen molar-refractivity contribution in [3.8, 4) is 0 Å². The lowest BCUT2D eigenvalue weighted by molar-refractivity contribution is -0.158. The average molecular weight is 318 g/mol. The summed E-state index contributed by atoms with van der Waals surface area (Å²) in [6, 6.07) is 9.48. The molecule has 0 aliphatic rings.